The minimum atomic E-state index is -0.619. The summed E-state index contributed by atoms with van der Waals surface area (Å²) in [6, 6.07) is 0.198. The van der Waals surface area contributed by atoms with E-state index in [-0.39, 0.29) is 11.6 Å². The van der Waals surface area contributed by atoms with Gasteiger partial charge in [0.1, 0.15) is 5.10 Å². The van der Waals surface area contributed by atoms with Crippen molar-refractivity contribution in [3.63, 3.8) is 0 Å². The molecule has 2 fully saturated rings. The van der Waals surface area contributed by atoms with E-state index in [1.54, 1.807) is 0 Å². The van der Waals surface area contributed by atoms with Crippen LogP contribution in [0.15, 0.2) is 17.4 Å². The van der Waals surface area contributed by atoms with E-state index >= 15 is 0 Å². The Balaban J connectivity index is 2.14. The number of hydrogen-bond acceptors (Lipinski definition) is 3. The summed E-state index contributed by atoms with van der Waals surface area (Å²) in [4.78, 5) is 14.7. The van der Waals surface area contributed by atoms with E-state index in [1.807, 2.05) is 29.0 Å². The standard InChI is InChI=1S/C14H24N4O3/c1-5-6-16-8-11(2)17(13(16)15-18(19)20)9-12-7-14(3,4)21-10-12/h5-6,11-12H,7-10H2,1-4H3. The first-order valence-electron chi connectivity index (χ1n) is 7.35. The molecule has 0 aromatic carbocycles. The van der Waals surface area contributed by atoms with Crippen molar-refractivity contribution in [2.45, 2.75) is 45.8 Å². The monoisotopic (exact) mass is 296 g/mol. The molecule has 118 valence electrons. The summed E-state index contributed by atoms with van der Waals surface area (Å²) in [5, 5.41) is 13.8. The predicted octanol–water partition coefficient (Wildman–Crippen LogP) is 1.89. The average Bonchev–Trinajstić information content (AvgIpc) is 2.84. The van der Waals surface area contributed by atoms with Gasteiger partial charge >= 0.3 is 0 Å². The van der Waals surface area contributed by atoms with Gasteiger partial charge in [0.05, 0.1) is 12.2 Å². The lowest BCUT2D eigenvalue weighted by atomic mass is 9.97. The van der Waals surface area contributed by atoms with Gasteiger partial charge in [-0.25, -0.2) is 10.1 Å². The highest BCUT2D eigenvalue weighted by Gasteiger charge is 2.39. The molecular formula is C14H24N4O3. The van der Waals surface area contributed by atoms with Crippen LogP contribution in [0, 0.1) is 16.0 Å². The predicted molar refractivity (Wildman–Crippen MR) is 80.3 cm³/mol. The second-order valence-electron chi connectivity index (χ2n) is 6.41. The fourth-order valence-corrected chi connectivity index (χ4v) is 3.14. The molecule has 2 saturated heterocycles. The molecule has 0 aromatic heterocycles. The molecule has 0 aliphatic carbocycles. The van der Waals surface area contributed by atoms with E-state index in [0.29, 0.717) is 25.0 Å². The van der Waals surface area contributed by atoms with Crippen LogP contribution in [-0.4, -0.2) is 52.1 Å². The van der Waals surface area contributed by atoms with Crippen molar-refractivity contribution >= 4 is 5.96 Å². The van der Waals surface area contributed by atoms with Crippen molar-refractivity contribution in [2.24, 2.45) is 11.0 Å². The van der Waals surface area contributed by atoms with Crippen LogP contribution in [0.4, 0.5) is 0 Å². The van der Waals surface area contributed by atoms with Gasteiger partial charge in [0, 0.05) is 31.2 Å². The number of rotatable bonds is 4. The normalized spacial score (nSPS) is 30.8. The van der Waals surface area contributed by atoms with Crippen LogP contribution >= 0.6 is 0 Å². The van der Waals surface area contributed by atoms with Crippen molar-refractivity contribution in [2.75, 3.05) is 19.7 Å². The zero-order valence-electron chi connectivity index (χ0n) is 13.2. The summed E-state index contributed by atoms with van der Waals surface area (Å²) in [5.41, 5.74) is -0.100. The molecule has 21 heavy (non-hydrogen) atoms. The van der Waals surface area contributed by atoms with Gasteiger partial charge < -0.3 is 14.5 Å². The molecule has 0 aromatic rings. The third kappa shape index (κ3) is 3.72. The highest BCUT2D eigenvalue weighted by atomic mass is 16.7. The van der Waals surface area contributed by atoms with Crippen LogP contribution in [0.5, 0.6) is 0 Å². The number of nitro groups is 1. The first-order valence-corrected chi connectivity index (χ1v) is 7.35. The average molecular weight is 296 g/mol. The fourth-order valence-electron chi connectivity index (χ4n) is 3.14. The van der Waals surface area contributed by atoms with E-state index < -0.39 is 5.03 Å². The van der Waals surface area contributed by atoms with Crippen LogP contribution in [0.2, 0.25) is 0 Å². The van der Waals surface area contributed by atoms with E-state index in [4.69, 9.17) is 4.74 Å². The SMILES string of the molecule is CC=CN1CC(C)N(CC2COC(C)(C)C2)C1=N[N+](=O)[O-]. The van der Waals surface area contributed by atoms with Crippen LogP contribution < -0.4 is 0 Å². The Morgan fingerprint density at radius 1 is 1.57 bits per heavy atom. The smallest absolute Gasteiger partial charge is 0.278 e. The summed E-state index contributed by atoms with van der Waals surface area (Å²) in [5.74, 6) is 0.806. The summed E-state index contributed by atoms with van der Waals surface area (Å²) >= 11 is 0. The molecule has 0 amide bonds. The van der Waals surface area contributed by atoms with Gasteiger partial charge in [0.2, 0.25) is 0 Å². The molecule has 2 aliphatic rings. The Kier molecular flexibility index (Phi) is 4.51. The molecule has 0 saturated carbocycles. The van der Waals surface area contributed by atoms with Gasteiger partial charge in [0.25, 0.3) is 5.96 Å². The molecule has 0 spiro atoms. The van der Waals surface area contributed by atoms with Crippen molar-refractivity contribution in [3.8, 4) is 0 Å². The molecule has 0 bridgehead atoms. The van der Waals surface area contributed by atoms with Crippen molar-refractivity contribution in [1.29, 1.82) is 0 Å². The molecule has 2 aliphatic heterocycles. The number of guanidine groups is 1. The topological polar surface area (TPSA) is 71.2 Å². The molecule has 2 atom stereocenters. The zero-order valence-corrected chi connectivity index (χ0v) is 13.2. The van der Waals surface area contributed by atoms with E-state index in [9.17, 15) is 10.1 Å². The summed E-state index contributed by atoms with van der Waals surface area (Å²) in [6.45, 7) is 10.3. The van der Waals surface area contributed by atoms with Gasteiger partial charge in [-0.15, -0.1) is 0 Å². The lowest BCUT2D eigenvalue weighted by Crippen LogP contribution is -2.38. The van der Waals surface area contributed by atoms with Crippen LogP contribution in [0.3, 0.4) is 0 Å². The van der Waals surface area contributed by atoms with Gasteiger partial charge in [-0.05, 0) is 34.1 Å². The Morgan fingerprint density at radius 3 is 2.81 bits per heavy atom. The van der Waals surface area contributed by atoms with Gasteiger partial charge in [-0.1, -0.05) is 6.08 Å². The minimum absolute atomic E-state index is 0.100. The maximum Gasteiger partial charge on any atom is 0.278 e. The zero-order chi connectivity index (χ0) is 15.6. The summed E-state index contributed by atoms with van der Waals surface area (Å²) in [6.07, 6.45) is 4.67. The Hall–Kier alpha value is -1.63. The third-order valence-corrected chi connectivity index (χ3v) is 3.95. The fraction of sp³-hybridized carbons (Fsp3) is 0.786. The highest BCUT2D eigenvalue weighted by molar-refractivity contribution is 5.83. The second kappa shape index (κ2) is 6.01. The Bertz CT molecular complexity index is 461. The summed E-state index contributed by atoms with van der Waals surface area (Å²) in [7, 11) is 0. The molecule has 0 N–H and O–H groups in total. The van der Waals surface area contributed by atoms with Crippen LogP contribution in [0.1, 0.15) is 34.1 Å². The van der Waals surface area contributed by atoms with Gasteiger partial charge in [-0.2, -0.15) is 0 Å². The minimum Gasteiger partial charge on any atom is -0.375 e. The Labute approximate surface area is 125 Å². The number of ether oxygens (including phenoxy) is 1. The second-order valence-corrected chi connectivity index (χ2v) is 6.41. The van der Waals surface area contributed by atoms with E-state index in [0.717, 1.165) is 13.0 Å². The first kappa shape index (κ1) is 15.8. The van der Waals surface area contributed by atoms with Crippen LogP contribution in [0.25, 0.3) is 0 Å². The van der Waals surface area contributed by atoms with E-state index in [2.05, 4.69) is 25.9 Å². The number of hydrazone groups is 1. The van der Waals surface area contributed by atoms with Crippen molar-refractivity contribution in [3.05, 3.63) is 22.4 Å². The summed E-state index contributed by atoms with van der Waals surface area (Å²) < 4.78 is 5.76. The number of hydrogen-bond donors (Lipinski definition) is 0. The molecule has 0 radical (unpaired) electrons. The molecular weight excluding hydrogens is 272 g/mol. The van der Waals surface area contributed by atoms with Gasteiger partial charge in [-0.3, -0.25) is 0 Å². The quantitative estimate of drug-likeness (QED) is 0.585. The van der Waals surface area contributed by atoms with Crippen LogP contribution in [-0.2, 0) is 4.74 Å². The number of nitrogens with zero attached hydrogens (tertiary/aromatic N) is 4. The molecule has 2 heterocycles. The highest BCUT2D eigenvalue weighted by Crippen LogP contribution is 2.31. The van der Waals surface area contributed by atoms with Crippen molar-refractivity contribution in [1.82, 2.24) is 9.80 Å². The van der Waals surface area contributed by atoms with Gasteiger partial charge in [0.15, 0.2) is 5.03 Å². The number of allylic oxidation sites excluding steroid dienone is 1. The maximum absolute atomic E-state index is 10.8. The molecule has 2 unspecified atom stereocenters. The third-order valence-electron chi connectivity index (χ3n) is 3.95. The van der Waals surface area contributed by atoms with E-state index in [1.165, 1.54) is 0 Å². The Morgan fingerprint density at radius 2 is 2.29 bits per heavy atom. The molecule has 2 rings (SSSR count). The lowest BCUT2D eigenvalue weighted by molar-refractivity contribution is -0.486. The molecule has 7 heteroatoms. The first-order chi connectivity index (χ1) is 9.82. The largest absolute Gasteiger partial charge is 0.375 e. The molecule has 7 nitrogen and oxygen atoms in total. The maximum atomic E-state index is 10.8. The lowest BCUT2D eigenvalue weighted by Gasteiger charge is -2.25. The van der Waals surface area contributed by atoms with Crippen molar-refractivity contribution < 1.29 is 9.77 Å².